The molecule has 1 aromatic carbocycles. The number of benzene rings is 1. The molecule has 1 saturated heterocycles. The molecule has 1 N–H and O–H groups in total. The summed E-state index contributed by atoms with van der Waals surface area (Å²) >= 11 is 0. The minimum absolute atomic E-state index is 0.00560. The molecule has 3 heteroatoms. The van der Waals surface area contributed by atoms with Gasteiger partial charge in [-0.2, -0.15) is 0 Å². The van der Waals surface area contributed by atoms with Crippen LogP contribution in [0.4, 0.5) is 0 Å². The van der Waals surface area contributed by atoms with Crippen LogP contribution in [0.25, 0.3) is 0 Å². The molecule has 0 aromatic heterocycles. The van der Waals surface area contributed by atoms with Gasteiger partial charge in [-0.05, 0) is 30.9 Å². The second-order valence-corrected chi connectivity index (χ2v) is 4.57. The summed E-state index contributed by atoms with van der Waals surface area (Å²) < 4.78 is 4.88. The molecule has 1 aliphatic heterocycles. The first-order valence-electron chi connectivity index (χ1n) is 6.13. The first-order chi connectivity index (χ1) is 8.31. The Kier molecular flexibility index (Phi) is 4.15. The van der Waals surface area contributed by atoms with E-state index < -0.39 is 0 Å². The highest BCUT2D eigenvalue weighted by atomic mass is 16.5. The molecule has 1 fully saturated rings. The number of nitrogens with one attached hydrogen (secondary N) is 1. The lowest BCUT2D eigenvalue weighted by Gasteiger charge is -2.30. The number of carbonyl (C=O) groups is 1. The summed E-state index contributed by atoms with van der Waals surface area (Å²) in [6, 6.07) is 10.4. The number of piperidine rings is 1. The van der Waals surface area contributed by atoms with Crippen molar-refractivity contribution in [1.82, 2.24) is 5.32 Å². The van der Waals surface area contributed by atoms with Gasteiger partial charge in [0.25, 0.3) is 0 Å². The second kappa shape index (κ2) is 5.82. The van der Waals surface area contributed by atoms with Crippen LogP contribution < -0.4 is 5.32 Å². The van der Waals surface area contributed by atoms with Crippen LogP contribution in [0.3, 0.4) is 0 Å². The van der Waals surface area contributed by atoms with E-state index in [9.17, 15) is 4.79 Å². The van der Waals surface area contributed by atoms with Gasteiger partial charge in [-0.25, -0.2) is 0 Å². The maximum absolute atomic E-state index is 11.7. The average Bonchev–Trinajstić information content (AvgIpc) is 2.40. The molecule has 92 valence electrons. The minimum Gasteiger partial charge on any atom is -0.469 e. The molecule has 0 aliphatic carbocycles. The van der Waals surface area contributed by atoms with Crippen LogP contribution in [0, 0.1) is 11.8 Å². The van der Waals surface area contributed by atoms with Crippen LogP contribution in [-0.4, -0.2) is 26.2 Å². The monoisotopic (exact) mass is 233 g/mol. The van der Waals surface area contributed by atoms with Crippen LogP contribution in [-0.2, 0) is 16.0 Å². The van der Waals surface area contributed by atoms with E-state index in [1.54, 1.807) is 0 Å². The third kappa shape index (κ3) is 3.07. The molecule has 17 heavy (non-hydrogen) atoms. The highest BCUT2D eigenvalue weighted by Crippen LogP contribution is 2.24. The number of hydrogen-bond acceptors (Lipinski definition) is 3. The third-order valence-electron chi connectivity index (χ3n) is 3.47. The smallest absolute Gasteiger partial charge is 0.310 e. The fourth-order valence-corrected chi connectivity index (χ4v) is 2.50. The van der Waals surface area contributed by atoms with E-state index in [0.29, 0.717) is 5.92 Å². The minimum atomic E-state index is -0.0851. The van der Waals surface area contributed by atoms with E-state index in [0.717, 1.165) is 25.9 Å². The van der Waals surface area contributed by atoms with Gasteiger partial charge in [-0.15, -0.1) is 0 Å². The van der Waals surface area contributed by atoms with E-state index >= 15 is 0 Å². The summed E-state index contributed by atoms with van der Waals surface area (Å²) in [6.07, 6.45) is 2.00. The molecule has 3 nitrogen and oxygen atoms in total. The SMILES string of the molecule is COC(=O)[C@@H]1CNCC[C@H]1Cc1ccccc1. The molecule has 0 saturated carbocycles. The molecule has 0 amide bonds. The van der Waals surface area contributed by atoms with Crippen molar-refractivity contribution in [1.29, 1.82) is 0 Å². The summed E-state index contributed by atoms with van der Waals surface area (Å²) in [4.78, 5) is 11.7. The summed E-state index contributed by atoms with van der Waals surface area (Å²) in [7, 11) is 1.47. The van der Waals surface area contributed by atoms with Gasteiger partial charge in [0.15, 0.2) is 0 Å². The van der Waals surface area contributed by atoms with Gasteiger partial charge >= 0.3 is 5.97 Å². The van der Waals surface area contributed by atoms with Gasteiger partial charge in [-0.3, -0.25) is 4.79 Å². The van der Waals surface area contributed by atoms with E-state index in [-0.39, 0.29) is 11.9 Å². The van der Waals surface area contributed by atoms with Crippen molar-refractivity contribution in [2.24, 2.45) is 11.8 Å². The lowest BCUT2D eigenvalue weighted by molar-refractivity contribution is -0.148. The van der Waals surface area contributed by atoms with Gasteiger partial charge in [0.2, 0.25) is 0 Å². The van der Waals surface area contributed by atoms with E-state index in [1.165, 1.54) is 12.7 Å². The van der Waals surface area contributed by atoms with Crippen molar-refractivity contribution >= 4 is 5.97 Å². The zero-order valence-corrected chi connectivity index (χ0v) is 10.2. The molecule has 0 radical (unpaired) electrons. The summed E-state index contributed by atoms with van der Waals surface area (Å²) in [5, 5.41) is 3.26. The number of hydrogen-bond donors (Lipinski definition) is 1. The van der Waals surface area contributed by atoms with Crippen molar-refractivity contribution < 1.29 is 9.53 Å². The number of methoxy groups -OCH3 is 1. The van der Waals surface area contributed by atoms with Crippen molar-refractivity contribution in [2.75, 3.05) is 20.2 Å². The van der Waals surface area contributed by atoms with E-state index in [2.05, 4.69) is 17.4 Å². The Morgan fingerprint density at radius 1 is 1.41 bits per heavy atom. The molecular formula is C14H19NO2. The van der Waals surface area contributed by atoms with Gasteiger partial charge in [0, 0.05) is 6.54 Å². The Bertz CT molecular complexity index is 364. The van der Waals surface area contributed by atoms with Gasteiger partial charge in [0.1, 0.15) is 0 Å². The quantitative estimate of drug-likeness (QED) is 0.806. The third-order valence-corrected chi connectivity index (χ3v) is 3.47. The fraction of sp³-hybridized carbons (Fsp3) is 0.500. The predicted molar refractivity (Wildman–Crippen MR) is 66.6 cm³/mol. The molecule has 0 spiro atoms. The zero-order valence-electron chi connectivity index (χ0n) is 10.2. The van der Waals surface area contributed by atoms with Crippen LogP contribution >= 0.6 is 0 Å². The molecule has 2 rings (SSSR count). The van der Waals surface area contributed by atoms with Gasteiger partial charge in [-0.1, -0.05) is 30.3 Å². The topological polar surface area (TPSA) is 38.3 Å². The number of carbonyl (C=O) groups excluding carboxylic acids is 1. The summed E-state index contributed by atoms with van der Waals surface area (Å²) in [5.41, 5.74) is 1.30. The Morgan fingerprint density at radius 3 is 2.88 bits per heavy atom. The Hall–Kier alpha value is -1.35. The number of esters is 1. The fourth-order valence-electron chi connectivity index (χ4n) is 2.50. The summed E-state index contributed by atoms with van der Waals surface area (Å²) in [6.45, 7) is 1.73. The molecule has 1 aromatic rings. The summed E-state index contributed by atoms with van der Waals surface area (Å²) in [5.74, 6) is 0.304. The van der Waals surface area contributed by atoms with Gasteiger partial charge < -0.3 is 10.1 Å². The van der Waals surface area contributed by atoms with Crippen LogP contribution in [0.2, 0.25) is 0 Å². The Balaban J connectivity index is 2.04. The normalized spacial score (nSPS) is 24.3. The van der Waals surface area contributed by atoms with E-state index in [1.807, 2.05) is 18.2 Å². The Morgan fingerprint density at radius 2 is 2.18 bits per heavy atom. The highest BCUT2D eigenvalue weighted by Gasteiger charge is 2.31. The highest BCUT2D eigenvalue weighted by molar-refractivity contribution is 5.73. The zero-order chi connectivity index (χ0) is 12.1. The van der Waals surface area contributed by atoms with Gasteiger partial charge in [0.05, 0.1) is 13.0 Å². The number of rotatable bonds is 3. The lowest BCUT2D eigenvalue weighted by atomic mass is 9.82. The van der Waals surface area contributed by atoms with E-state index in [4.69, 9.17) is 4.74 Å². The molecule has 2 atom stereocenters. The van der Waals surface area contributed by atoms with Crippen LogP contribution in [0.15, 0.2) is 30.3 Å². The first-order valence-corrected chi connectivity index (χ1v) is 6.13. The van der Waals surface area contributed by atoms with Crippen molar-refractivity contribution in [3.8, 4) is 0 Å². The predicted octanol–water partition coefficient (Wildman–Crippen LogP) is 1.63. The van der Waals surface area contributed by atoms with Crippen molar-refractivity contribution in [2.45, 2.75) is 12.8 Å². The molecule has 0 unspecified atom stereocenters. The molecule has 0 bridgehead atoms. The number of ether oxygens (including phenoxy) is 1. The standard InChI is InChI=1S/C14H19NO2/c1-17-14(16)13-10-15-8-7-12(13)9-11-5-3-2-4-6-11/h2-6,12-13,15H,7-10H2,1H3/t12-,13+/m0/s1. The first kappa shape index (κ1) is 12.1. The van der Waals surface area contributed by atoms with Crippen LogP contribution in [0.1, 0.15) is 12.0 Å². The van der Waals surface area contributed by atoms with Crippen LogP contribution in [0.5, 0.6) is 0 Å². The maximum atomic E-state index is 11.7. The molecular weight excluding hydrogens is 214 g/mol. The maximum Gasteiger partial charge on any atom is 0.310 e. The van der Waals surface area contributed by atoms with Crippen molar-refractivity contribution in [3.63, 3.8) is 0 Å². The average molecular weight is 233 g/mol. The molecule has 1 heterocycles. The lowest BCUT2D eigenvalue weighted by Crippen LogP contribution is -2.42. The second-order valence-electron chi connectivity index (χ2n) is 4.57. The van der Waals surface area contributed by atoms with Crippen molar-refractivity contribution in [3.05, 3.63) is 35.9 Å². The Labute approximate surface area is 102 Å². The molecule has 1 aliphatic rings. The largest absolute Gasteiger partial charge is 0.469 e.